The van der Waals surface area contributed by atoms with E-state index in [4.69, 9.17) is 11.6 Å². The molecule has 1 aromatic carbocycles. The molecule has 1 aliphatic rings. The molecule has 0 bridgehead atoms. The summed E-state index contributed by atoms with van der Waals surface area (Å²) in [6.45, 7) is 6.65. The topological polar surface area (TPSA) is 37.4 Å². The summed E-state index contributed by atoms with van der Waals surface area (Å²) in [5.74, 6) is 0.338. The molecule has 1 saturated heterocycles. The van der Waals surface area contributed by atoms with Crippen molar-refractivity contribution in [3.63, 3.8) is 0 Å². The summed E-state index contributed by atoms with van der Waals surface area (Å²) in [7, 11) is -3.27. The van der Waals surface area contributed by atoms with E-state index in [2.05, 4.69) is 11.5 Å². The van der Waals surface area contributed by atoms with Crippen LogP contribution in [0, 0.1) is 0 Å². The van der Waals surface area contributed by atoms with Crippen molar-refractivity contribution < 1.29 is 8.42 Å². The highest BCUT2D eigenvalue weighted by Crippen LogP contribution is 2.35. The molecule has 0 saturated carbocycles. The first-order valence-electron chi connectivity index (χ1n) is 6.75. The second kappa shape index (κ2) is 6.29. The van der Waals surface area contributed by atoms with Gasteiger partial charge in [0.05, 0.1) is 9.92 Å². The molecule has 1 aromatic rings. The molecule has 110 valence electrons. The van der Waals surface area contributed by atoms with E-state index < -0.39 is 9.84 Å². The summed E-state index contributed by atoms with van der Waals surface area (Å²) < 4.78 is 23.4. The highest BCUT2D eigenvalue weighted by atomic mass is 35.5. The SMILES string of the molecule is C=CCN1CCC(c2cccc(S(C)(=O)=O)c2Cl)CC1. The van der Waals surface area contributed by atoms with Crippen LogP contribution in [-0.4, -0.2) is 39.2 Å². The van der Waals surface area contributed by atoms with Crippen molar-refractivity contribution in [2.24, 2.45) is 0 Å². The summed E-state index contributed by atoms with van der Waals surface area (Å²) in [5.41, 5.74) is 0.966. The Labute approximate surface area is 126 Å². The maximum absolute atomic E-state index is 11.7. The minimum absolute atomic E-state index is 0.241. The fourth-order valence-electron chi connectivity index (χ4n) is 2.74. The maximum Gasteiger partial charge on any atom is 0.177 e. The zero-order chi connectivity index (χ0) is 14.8. The monoisotopic (exact) mass is 313 g/mol. The minimum Gasteiger partial charge on any atom is -0.300 e. The molecular weight excluding hydrogens is 294 g/mol. The van der Waals surface area contributed by atoms with Crippen molar-refractivity contribution >= 4 is 21.4 Å². The first-order valence-corrected chi connectivity index (χ1v) is 9.02. The summed E-state index contributed by atoms with van der Waals surface area (Å²) in [6.07, 6.45) is 5.11. The third-order valence-corrected chi connectivity index (χ3v) is 5.48. The molecule has 20 heavy (non-hydrogen) atoms. The Morgan fingerprint density at radius 1 is 1.40 bits per heavy atom. The summed E-state index contributed by atoms with van der Waals surface area (Å²) >= 11 is 6.32. The van der Waals surface area contributed by atoms with E-state index in [1.165, 1.54) is 6.26 Å². The average molecular weight is 314 g/mol. The Bertz CT molecular complexity index is 590. The molecule has 1 fully saturated rings. The number of hydrogen-bond acceptors (Lipinski definition) is 3. The van der Waals surface area contributed by atoms with Gasteiger partial charge >= 0.3 is 0 Å². The average Bonchev–Trinajstić information content (AvgIpc) is 2.39. The number of nitrogens with zero attached hydrogens (tertiary/aromatic N) is 1. The van der Waals surface area contributed by atoms with Crippen LogP contribution in [0.5, 0.6) is 0 Å². The van der Waals surface area contributed by atoms with Gasteiger partial charge in [0.2, 0.25) is 0 Å². The lowest BCUT2D eigenvalue weighted by Gasteiger charge is -2.32. The van der Waals surface area contributed by atoms with E-state index in [-0.39, 0.29) is 4.90 Å². The molecule has 0 spiro atoms. The first kappa shape index (κ1) is 15.5. The molecule has 3 nitrogen and oxygen atoms in total. The molecular formula is C15H20ClNO2S. The molecule has 0 atom stereocenters. The van der Waals surface area contributed by atoms with Crippen LogP contribution >= 0.6 is 11.6 Å². The van der Waals surface area contributed by atoms with Crippen molar-refractivity contribution in [1.82, 2.24) is 4.90 Å². The lowest BCUT2D eigenvalue weighted by atomic mass is 9.89. The van der Waals surface area contributed by atoms with Crippen molar-refractivity contribution in [3.8, 4) is 0 Å². The molecule has 0 radical (unpaired) electrons. The van der Waals surface area contributed by atoms with Crippen LogP contribution < -0.4 is 0 Å². The number of sulfone groups is 1. The highest BCUT2D eigenvalue weighted by Gasteiger charge is 2.24. The Balaban J connectivity index is 2.21. The number of halogens is 1. The van der Waals surface area contributed by atoms with Gasteiger partial charge in [0, 0.05) is 12.8 Å². The van der Waals surface area contributed by atoms with E-state index in [9.17, 15) is 8.42 Å². The molecule has 5 heteroatoms. The lowest BCUT2D eigenvalue weighted by Crippen LogP contribution is -2.33. The number of hydrogen-bond donors (Lipinski definition) is 0. The standard InChI is InChI=1S/C15H20ClNO2S/c1-3-9-17-10-7-12(8-11-17)13-5-4-6-14(15(13)16)20(2,18)19/h3-6,12H,1,7-11H2,2H3. The summed E-state index contributed by atoms with van der Waals surface area (Å²) in [4.78, 5) is 2.59. The van der Waals surface area contributed by atoms with Gasteiger partial charge in [-0.3, -0.25) is 4.90 Å². The smallest absolute Gasteiger partial charge is 0.177 e. The summed E-state index contributed by atoms with van der Waals surface area (Å²) in [6, 6.07) is 5.31. The molecule has 1 heterocycles. The Morgan fingerprint density at radius 2 is 2.05 bits per heavy atom. The zero-order valence-electron chi connectivity index (χ0n) is 11.7. The van der Waals surface area contributed by atoms with Crippen molar-refractivity contribution in [2.75, 3.05) is 25.9 Å². The Kier molecular flexibility index (Phi) is 4.89. The quantitative estimate of drug-likeness (QED) is 0.802. The Morgan fingerprint density at radius 3 is 2.60 bits per heavy atom. The normalized spacial score (nSPS) is 18.1. The molecule has 0 N–H and O–H groups in total. The van der Waals surface area contributed by atoms with Crippen molar-refractivity contribution in [3.05, 3.63) is 41.4 Å². The van der Waals surface area contributed by atoms with Gasteiger partial charge in [0.25, 0.3) is 0 Å². The number of likely N-dealkylation sites (tertiary alicyclic amines) is 1. The molecule has 0 unspecified atom stereocenters. The van der Waals surface area contributed by atoms with Crippen LogP contribution in [0.2, 0.25) is 5.02 Å². The van der Waals surface area contributed by atoms with Crippen molar-refractivity contribution in [1.29, 1.82) is 0 Å². The largest absolute Gasteiger partial charge is 0.300 e. The Hall–Kier alpha value is -0.840. The van der Waals surface area contributed by atoms with Crippen LogP contribution in [0.4, 0.5) is 0 Å². The minimum atomic E-state index is -3.27. The van der Waals surface area contributed by atoms with Gasteiger partial charge in [-0.25, -0.2) is 8.42 Å². The fraction of sp³-hybridized carbons (Fsp3) is 0.467. The van der Waals surface area contributed by atoms with Gasteiger partial charge in [0.1, 0.15) is 0 Å². The van der Waals surface area contributed by atoms with Gasteiger partial charge in [-0.1, -0.05) is 29.8 Å². The van der Waals surface area contributed by atoms with Crippen LogP contribution in [0.25, 0.3) is 0 Å². The highest BCUT2D eigenvalue weighted by molar-refractivity contribution is 7.90. The third kappa shape index (κ3) is 3.43. The van der Waals surface area contributed by atoms with E-state index in [0.717, 1.165) is 38.0 Å². The third-order valence-electron chi connectivity index (χ3n) is 3.81. The predicted octanol–water partition coefficient (Wildman–Crippen LogP) is 3.11. The number of rotatable bonds is 4. The van der Waals surface area contributed by atoms with Crippen molar-refractivity contribution in [2.45, 2.75) is 23.7 Å². The van der Waals surface area contributed by atoms with E-state index in [1.807, 2.05) is 12.1 Å². The van der Waals surface area contributed by atoms with Crippen LogP contribution in [0.15, 0.2) is 35.7 Å². The van der Waals surface area contributed by atoms with Gasteiger partial charge in [-0.15, -0.1) is 6.58 Å². The molecule has 0 amide bonds. The molecule has 0 aromatic heterocycles. The summed E-state index contributed by atoms with van der Waals surface area (Å²) in [5, 5.41) is 0.400. The first-order chi connectivity index (χ1) is 9.43. The molecule has 1 aliphatic heterocycles. The molecule has 0 aliphatic carbocycles. The van der Waals surface area contributed by atoms with Crippen LogP contribution in [0.1, 0.15) is 24.3 Å². The van der Waals surface area contributed by atoms with E-state index in [1.54, 1.807) is 12.1 Å². The molecule has 2 rings (SSSR count). The van der Waals surface area contributed by atoms with Gasteiger partial charge in [-0.05, 0) is 43.5 Å². The fourth-order valence-corrected chi connectivity index (χ4v) is 4.21. The maximum atomic E-state index is 11.7. The van der Waals surface area contributed by atoms with Crippen LogP contribution in [-0.2, 0) is 9.84 Å². The van der Waals surface area contributed by atoms with Gasteiger partial charge < -0.3 is 0 Å². The van der Waals surface area contributed by atoms with Crippen LogP contribution in [0.3, 0.4) is 0 Å². The van der Waals surface area contributed by atoms with E-state index >= 15 is 0 Å². The second-order valence-electron chi connectivity index (χ2n) is 5.30. The lowest BCUT2D eigenvalue weighted by molar-refractivity contribution is 0.232. The van der Waals surface area contributed by atoms with Gasteiger partial charge in [-0.2, -0.15) is 0 Å². The number of piperidine rings is 1. The zero-order valence-corrected chi connectivity index (χ0v) is 13.3. The van der Waals surface area contributed by atoms with E-state index in [0.29, 0.717) is 10.9 Å². The van der Waals surface area contributed by atoms with Gasteiger partial charge in [0.15, 0.2) is 9.84 Å². The predicted molar refractivity (Wildman–Crippen MR) is 83.2 cm³/mol. The second-order valence-corrected chi connectivity index (χ2v) is 7.66. The number of benzene rings is 1.